The van der Waals surface area contributed by atoms with Gasteiger partial charge in [-0.1, -0.05) is 23.7 Å². The number of nitrogens with two attached hydrogens (primary N) is 1. The van der Waals surface area contributed by atoms with Crippen molar-refractivity contribution in [3.05, 3.63) is 46.4 Å². The third-order valence-electron chi connectivity index (χ3n) is 2.83. The highest BCUT2D eigenvalue weighted by Crippen LogP contribution is 2.26. The molecule has 17 heavy (non-hydrogen) atoms. The molecule has 3 nitrogen and oxygen atoms in total. The molecule has 5 heteroatoms. The maximum absolute atomic E-state index is 13.5. The maximum Gasteiger partial charge on any atom is 0.141 e. The Labute approximate surface area is 104 Å². The van der Waals surface area contributed by atoms with E-state index >= 15 is 0 Å². The number of nitrogen functional groups attached to an aromatic ring is 1. The summed E-state index contributed by atoms with van der Waals surface area (Å²) >= 11 is 5.84. The molecule has 0 saturated carbocycles. The Kier molecular flexibility index (Phi) is 3.07. The first kappa shape index (κ1) is 11.9. The van der Waals surface area contributed by atoms with Gasteiger partial charge >= 0.3 is 0 Å². The van der Waals surface area contributed by atoms with Crippen molar-refractivity contribution in [1.29, 1.82) is 0 Å². The van der Waals surface area contributed by atoms with Crippen LogP contribution >= 0.6 is 11.6 Å². The maximum atomic E-state index is 13.5. The smallest absolute Gasteiger partial charge is 0.141 e. The van der Waals surface area contributed by atoms with Gasteiger partial charge in [-0.25, -0.2) is 9.07 Å². The molecular formula is C12H13ClFN3. The average molecular weight is 254 g/mol. The van der Waals surface area contributed by atoms with Gasteiger partial charge in [-0.15, -0.1) is 0 Å². The Morgan fingerprint density at radius 1 is 1.47 bits per heavy atom. The van der Waals surface area contributed by atoms with Gasteiger partial charge < -0.3 is 5.73 Å². The van der Waals surface area contributed by atoms with E-state index in [2.05, 4.69) is 5.10 Å². The van der Waals surface area contributed by atoms with Crippen molar-refractivity contribution in [3.8, 4) is 0 Å². The Bertz CT molecular complexity index is 551. The highest BCUT2D eigenvalue weighted by molar-refractivity contribution is 6.32. The lowest BCUT2D eigenvalue weighted by Crippen LogP contribution is -2.11. The van der Waals surface area contributed by atoms with Crippen LogP contribution in [0.4, 0.5) is 10.2 Å². The second-order valence-corrected chi connectivity index (χ2v) is 4.41. The second kappa shape index (κ2) is 4.37. The molecule has 0 aliphatic heterocycles. The summed E-state index contributed by atoms with van der Waals surface area (Å²) in [6.07, 6.45) is 1.48. The number of aromatic nitrogens is 2. The van der Waals surface area contributed by atoms with Gasteiger partial charge in [0.25, 0.3) is 0 Å². The minimum absolute atomic E-state index is 0.155. The summed E-state index contributed by atoms with van der Waals surface area (Å²) in [5.41, 5.74) is 7.21. The number of aryl methyl sites for hydroxylation is 1. The molecule has 2 N–H and O–H groups in total. The molecule has 1 aromatic heterocycles. The summed E-state index contributed by atoms with van der Waals surface area (Å²) in [6, 6.07) is 4.94. The molecule has 90 valence electrons. The van der Waals surface area contributed by atoms with Crippen LogP contribution in [0.2, 0.25) is 5.02 Å². The molecule has 1 unspecified atom stereocenters. The van der Waals surface area contributed by atoms with Crippen molar-refractivity contribution < 1.29 is 4.39 Å². The van der Waals surface area contributed by atoms with Gasteiger partial charge in [-0.05, 0) is 31.0 Å². The molecular weight excluding hydrogens is 241 g/mol. The van der Waals surface area contributed by atoms with Gasteiger partial charge in [0.2, 0.25) is 0 Å². The summed E-state index contributed by atoms with van der Waals surface area (Å²) < 4.78 is 15.0. The van der Waals surface area contributed by atoms with Gasteiger partial charge in [-0.2, -0.15) is 5.10 Å². The van der Waals surface area contributed by atoms with Crippen LogP contribution in [0.5, 0.6) is 0 Å². The number of benzene rings is 1. The fourth-order valence-electron chi connectivity index (χ4n) is 1.67. The molecule has 2 aromatic rings. The van der Waals surface area contributed by atoms with Crippen LogP contribution in [0.25, 0.3) is 0 Å². The molecule has 1 heterocycles. The Balaban J connectivity index is 2.40. The molecule has 1 atom stereocenters. The Morgan fingerprint density at radius 2 is 2.18 bits per heavy atom. The largest absolute Gasteiger partial charge is 0.383 e. The monoisotopic (exact) mass is 253 g/mol. The number of nitrogens with zero attached hydrogens (tertiary/aromatic N) is 2. The van der Waals surface area contributed by atoms with Gasteiger partial charge in [0, 0.05) is 0 Å². The van der Waals surface area contributed by atoms with Crippen LogP contribution in [0.3, 0.4) is 0 Å². The number of anilines is 1. The summed E-state index contributed by atoms with van der Waals surface area (Å²) in [4.78, 5) is 0. The summed E-state index contributed by atoms with van der Waals surface area (Å²) in [7, 11) is 0. The van der Waals surface area contributed by atoms with E-state index in [1.54, 1.807) is 17.7 Å². The molecule has 1 aromatic carbocycles. The van der Waals surface area contributed by atoms with Crippen LogP contribution in [0.1, 0.15) is 24.1 Å². The van der Waals surface area contributed by atoms with E-state index in [1.807, 2.05) is 13.0 Å². The van der Waals surface area contributed by atoms with Crippen LogP contribution in [-0.4, -0.2) is 9.78 Å². The lowest BCUT2D eigenvalue weighted by Gasteiger charge is -2.15. The molecule has 2 rings (SSSR count). The van der Waals surface area contributed by atoms with Crippen molar-refractivity contribution in [2.24, 2.45) is 0 Å². The van der Waals surface area contributed by atoms with E-state index in [0.29, 0.717) is 16.4 Å². The van der Waals surface area contributed by atoms with Crippen LogP contribution in [-0.2, 0) is 0 Å². The molecule has 0 fully saturated rings. The summed E-state index contributed by atoms with van der Waals surface area (Å²) in [5, 5.41) is 4.49. The highest BCUT2D eigenvalue weighted by atomic mass is 35.5. The fourth-order valence-corrected chi connectivity index (χ4v) is 1.80. The topological polar surface area (TPSA) is 43.8 Å². The molecule has 0 bridgehead atoms. The third kappa shape index (κ3) is 2.13. The van der Waals surface area contributed by atoms with Crippen molar-refractivity contribution in [2.75, 3.05) is 5.73 Å². The Morgan fingerprint density at radius 3 is 2.71 bits per heavy atom. The second-order valence-electron chi connectivity index (χ2n) is 4.01. The normalized spacial score (nSPS) is 12.7. The van der Waals surface area contributed by atoms with E-state index in [1.165, 1.54) is 12.3 Å². The molecule has 0 radical (unpaired) electrons. The van der Waals surface area contributed by atoms with Crippen LogP contribution in [0.15, 0.2) is 24.4 Å². The average Bonchev–Trinajstić information content (AvgIpc) is 2.63. The lowest BCUT2D eigenvalue weighted by atomic mass is 10.1. The van der Waals surface area contributed by atoms with Crippen LogP contribution in [0, 0.1) is 12.7 Å². The van der Waals surface area contributed by atoms with Gasteiger partial charge in [0.15, 0.2) is 0 Å². The van der Waals surface area contributed by atoms with Gasteiger partial charge in [0.1, 0.15) is 16.7 Å². The third-order valence-corrected chi connectivity index (χ3v) is 3.12. The quantitative estimate of drug-likeness (QED) is 0.893. The predicted molar refractivity (Wildman–Crippen MR) is 66.6 cm³/mol. The zero-order valence-corrected chi connectivity index (χ0v) is 10.4. The molecule has 0 amide bonds. The van der Waals surface area contributed by atoms with E-state index in [-0.39, 0.29) is 11.9 Å². The first-order valence-electron chi connectivity index (χ1n) is 5.25. The number of halogens is 2. The van der Waals surface area contributed by atoms with Crippen LogP contribution < -0.4 is 5.73 Å². The predicted octanol–water partition coefficient (Wildman–Crippen LogP) is 3.18. The SMILES string of the molecule is Cc1ccc(C(C)n2ncc(Cl)c2N)cc1F. The summed E-state index contributed by atoms with van der Waals surface area (Å²) in [5.74, 6) is 0.159. The standard InChI is InChI=1S/C12H13ClFN3/c1-7-3-4-9(5-11(7)14)8(2)17-12(15)10(13)6-16-17/h3-6,8H,15H2,1-2H3. The lowest BCUT2D eigenvalue weighted by molar-refractivity contribution is 0.561. The van der Waals surface area contributed by atoms with Gasteiger partial charge in [-0.3, -0.25) is 0 Å². The molecule has 0 spiro atoms. The number of hydrogen-bond donors (Lipinski definition) is 1. The van der Waals surface area contributed by atoms with E-state index in [9.17, 15) is 4.39 Å². The zero-order valence-electron chi connectivity index (χ0n) is 9.61. The minimum atomic E-state index is -0.230. The van der Waals surface area contributed by atoms with Crippen molar-refractivity contribution in [1.82, 2.24) is 9.78 Å². The first-order chi connectivity index (χ1) is 8.00. The highest BCUT2D eigenvalue weighted by Gasteiger charge is 2.14. The van der Waals surface area contributed by atoms with Gasteiger partial charge in [0.05, 0.1) is 12.2 Å². The number of rotatable bonds is 2. The zero-order chi connectivity index (χ0) is 12.6. The van der Waals surface area contributed by atoms with E-state index < -0.39 is 0 Å². The van der Waals surface area contributed by atoms with Crippen molar-refractivity contribution >= 4 is 17.4 Å². The minimum Gasteiger partial charge on any atom is -0.383 e. The Hall–Kier alpha value is -1.55. The molecule has 0 saturated heterocycles. The first-order valence-corrected chi connectivity index (χ1v) is 5.63. The van der Waals surface area contributed by atoms with E-state index in [0.717, 1.165) is 5.56 Å². The van der Waals surface area contributed by atoms with Crippen molar-refractivity contribution in [3.63, 3.8) is 0 Å². The van der Waals surface area contributed by atoms with E-state index in [4.69, 9.17) is 17.3 Å². The summed E-state index contributed by atoms with van der Waals surface area (Å²) in [6.45, 7) is 3.62. The number of hydrogen-bond acceptors (Lipinski definition) is 2. The van der Waals surface area contributed by atoms with Crippen molar-refractivity contribution in [2.45, 2.75) is 19.9 Å². The fraction of sp³-hybridized carbons (Fsp3) is 0.250. The molecule has 0 aliphatic rings. The molecule has 0 aliphatic carbocycles.